The number of aryl methyl sites for hydroxylation is 1. The van der Waals surface area contributed by atoms with Crippen LogP contribution in [0.3, 0.4) is 0 Å². The van der Waals surface area contributed by atoms with Crippen LogP contribution in [0.5, 0.6) is 0 Å². The van der Waals surface area contributed by atoms with Crippen molar-refractivity contribution >= 4 is 40.1 Å². The average molecular weight is 418 g/mol. The van der Waals surface area contributed by atoms with Gasteiger partial charge in [-0.15, -0.1) is 0 Å². The van der Waals surface area contributed by atoms with Crippen molar-refractivity contribution in [1.82, 2.24) is 14.9 Å². The molecular weight excluding hydrogens is 393 g/mol. The predicted octanol–water partition coefficient (Wildman–Crippen LogP) is 5.58. The molecule has 0 bridgehead atoms. The lowest BCUT2D eigenvalue weighted by Gasteiger charge is -2.18. The van der Waals surface area contributed by atoms with Crippen molar-refractivity contribution in [1.29, 1.82) is 0 Å². The van der Waals surface area contributed by atoms with E-state index in [-0.39, 0.29) is 5.91 Å². The molecule has 3 rings (SSSR count). The van der Waals surface area contributed by atoms with Gasteiger partial charge < -0.3 is 9.88 Å². The number of nitrogens with one attached hydrogen (secondary N) is 1. The molecule has 0 aliphatic heterocycles. The maximum Gasteiger partial charge on any atom is 0.242 e. The Kier molecular flexibility index (Phi) is 6.31. The third kappa shape index (κ3) is 4.50. The molecule has 0 aliphatic carbocycles. The third-order valence-corrected chi connectivity index (χ3v) is 5.46. The highest BCUT2D eigenvalue weighted by molar-refractivity contribution is 6.42. The van der Waals surface area contributed by atoms with Crippen LogP contribution in [-0.2, 0) is 11.2 Å². The van der Waals surface area contributed by atoms with Crippen LogP contribution in [0.25, 0.3) is 11.0 Å². The summed E-state index contributed by atoms with van der Waals surface area (Å²) in [6, 6.07) is 11.5. The summed E-state index contributed by atoms with van der Waals surface area (Å²) in [4.78, 5) is 17.5. The normalized spacial score (nSPS) is 12.5. The summed E-state index contributed by atoms with van der Waals surface area (Å²) in [5.74, 6) is 1.16. The average Bonchev–Trinajstić information content (AvgIpc) is 2.98. The Morgan fingerprint density at radius 2 is 1.75 bits per heavy atom. The molecule has 1 N–H and O–H groups in total. The maximum absolute atomic E-state index is 12.8. The van der Waals surface area contributed by atoms with Crippen molar-refractivity contribution in [2.45, 2.75) is 40.2 Å². The van der Waals surface area contributed by atoms with Gasteiger partial charge in [-0.05, 0) is 37.5 Å². The zero-order valence-corrected chi connectivity index (χ0v) is 18.1. The Balaban J connectivity index is 2.04. The Bertz CT molecular complexity index is 993. The summed E-state index contributed by atoms with van der Waals surface area (Å²) in [5.41, 5.74) is 3.88. The van der Waals surface area contributed by atoms with Crippen molar-refractivity contribution in [3.05, 3.63) is 63.4 Å². The summed E-state index contributed by atoms with van der Waals surface area (Å²) in [7, 11) is 0. The maximum atomic E-state index is 12.8. The minimum Gasteiger partial charge on any atom is -0.354 e. The molecule has 1 unspecified atom stereocenters. The number of hydrogen-bond donors (Lipinski definition) is 1. The van der Waals surface area contributed by atoms with Crippen molar-refractivity contribution < 1.29 is 4.79 Å². The summed E-state index contributed by atoms with van der Waals surface area (Å²) in [6.07, 6.45) is 0.617. The first kappa shape index (κ1) is 20.7. The topological polar surface area (TPSA) is 46.9 Å². The largest absolute Gasteiger partial charge is 0.354 e. The summed E-state index contributed by atoms with van der Waals surface area (Å²) < 4.78 is 1.97. The number of aromatic nitrogens is 2. The van der Waals surface area contributed by atoms with Gasteiger partial charge in [0.15, 0.2) is 0 Å². The van der Waals surface area contributed by atoms with E-state index >= 15 is 0 Å². The fraction of sp³-hybridized carbons (Fsp3) is 0.364. The molecule has 6 heteroatoms. The Morgan fingerprint density at radius 3 is 2.39 bits per heavy atom. The van der Waals surface area contributed by atoms with E-state index < -0.39 is 6.04 Å². The molecule has 0 radical (unpaired) electrons. The first-order chi connectivity index (χ1) is 13.3. The number of fused-ring (bicyclic) bond motifs is 1. The van der Waals surface area contributed by atoms with E-state index in [0.717, 1.165) is 22.4 Å². The van der Waals surface area contributed by atoms with Gasteiger partial charge in [-0.25, -0.2) is 4.98 Å². The van der Waals surface area contributed by atoms with Gasteiger partial charge in [0, 0.05) is 13.0 Å². The van der Waals surface area contributed by atoms with Gasteiger partial charge in [-0.3, -0.25) is 4.79 Å². The van der Waals surface area contributed by atoms with Gasteiger partial charge in [0.1, 0.15) is 11.9 Å². The fourth-order valence-corrected chi connectivity index (χ4v) is 3.47. The molecule has 4 nitrogen and oxygen atoms in total. The third-order valence-electron chi connectivity index (χ3n) is 4.74. The molecule has 1 heterocycles. The number of carbonyl (C=O) groups is 1. The number of imidazole rings is 1. The lowest BCUT2D eigenvalue weighted by Crippen LogP contribution is -2.34. The number of rotatable bonds is 6. The van der Waals surface area contributed by atoms with Crippen LogP contribution in [0, 0.1) is 12.8 Å². The van der Waals surface area contributed by atoms with E-state index in [2.05, 4.69) is 50.4 Å². The van der Waals surface area contributed by atoms with Crippen LogP contribution in [0.15, 0.2) is 36.4 Å². The van der Waals surface area contributed by atoms with Crippen LogP contribution in [0.1, 0.15) is 43.8 Å². The standard InChI is InChI=1S/C22H25Cl2N3O/c1-13(2)12-25-22(28)15(4)27-20-11-18(24)17(23)10-19(20)26-21(27)9-16-7-5-14(3)6-8-16/h5-8,10-11,13,15H,9,12H2,1-4H3,(H,25,28). The molecule has 0 spiro atoms. The van der Waals surface area contributed by atoms with E-state index in [4.69, 9.17) is 28.2 Å². The Labute approximate surface area is 175 Å². The molecule has 28 heavy (non-hydrogen) atoms. The highest BCUT2D eigenvalue weighted by atomic mass is 35.5. The quantitative estimate of drug-likeness (QED) is 0.569. The fourth-order valence-electron chi connectivity index (χ4n) is 3.16. The smallest absolute Gasteiger partial charge is 0.242 e. The van der Waals surface area contributed by atoms with Crippen LogP contribution in [0.2, 0.25) is 10.0 Å². The predicted molar refractivity (Wildman–Crippen MR) is 116 cm³/mol. The second-order valence-electron chi connectivity index (χ2n) is 7.63. The van der Waals surface area contributed by atoms with Crippen LogP contribution < -0.4 is 5.32 Å². The second-order valence-corrected chi connectivity index (χ2v) is 8.44. The molecule has 2 aromatic carbocycles. The van der Waals surface area contributed by atoms with Crippen molar-refractivity contribution in [2.24, 2.45) is 5.92 Å². The van der Waals surface area contributed by atoms with Gasteiger partial charge in [0.2, 0.25) is 5.91 Å². The zero-order valence-electron chi connectivity index (χ0n) is 16.6. The molecule has 1 atom stereocenters. The number of benzene rings is 2. The molecule has 0 saturated heterocycles. The SMILES string of the molecule is Cc1ccc(Cc2nc3cc(Cl)c(Cl)cc3n2C(C)C(=O)NCC(C)C)cc1. The Morgan fingerprint density at radius 1 is 1.11 bits per heavy atom. The van der Waals surface area contributed by atoms with Crippen molar-refractivity contribution in [3.63, 3.8) is 0 Å². The minimum absolute atomic E-state index is 0.0378. The number of hydrogen-bond acceptors (Lipinski definition) is 2. The van der Waals surface area contributed by atoms with Crippen LogP contribution >= 0.6 is 23.2 Å². The first-order valence-corrected chi connectivity index (χ1v) is 10.2. The summed E-state index contributed by atoms with van der Waals surface area (Å²) >= 11 is 12.5. The lowest BCUT2D eigenvalue weighted by molar-refractivity contribution is -0.124. The highest BCUT2D eigenvalue weighted by Gasteiger charge is 2.22. The monoisotopic (exact) mass is 417 g/mol. The van der Waals surface area contributed by atoms with E-state index in [1.807, 2.05) is 11.5 Å². The molecular formula is C22H25Cl2N3O. The van der Waals surface area contributed by atoms with Gasteiger partial charge >= 0.3 is 0 Å². The number of halogens is 2. The van der Waals surface area contributed by atoms with E-state index in [1.165, 1.54) is 5.56 Å². The lowest BCUT2D eigenvalue weighted by atomic mass is 10.1. The molecule has 3 aromatic rings. The molecule has 1 aromatic heterocycles. The zero-order chi connectivity index (χ0) is 20.4. The van der Waals surface area contributed by atoms with Gasteiger partial charge in [0.25, 0.3) is 0 Å². The van der Waals surface area contributed by atoms with E-state index in [9.17, 15) is 4.79 Å². The second kappa shape index (κ2) is 8.54. The molecule has 0 aliphatic rings. The van der Waals surface area contributed by atoms with Gasteiger partial charge in [-0.1, -0.05) is 66.9 Å². The molecule has 1 amide bonds. The summed E-state index contributed by atoms with van der Waals surface area (Å²) in [6.45, 7) is 8.72. The minimum atomic E-state index is -0.415. The van der Waals surface area contributed by atoms with E-state index in [1.54, 1.807) is 12.1 Å². The van der Waals surface area contributed by atoms with Gasteiger partial charge in [0.05, 0.1) is 21.1 Å². The highest BCUT2D eigenvalue weighted by Crippen LogP contribution is 2.31. The molecule has 148 valence electrons. The van der Waals surface area contributed by atoms with Gasteiger partial charge in [-0.2, -0.15) is 0 Å². The number of carbonyl (C=O) groups excluding carboxylic acids is 1. The van der Waals surface area contributed by atoms with Crippen molar-refractivity contribution in [2.75, 3.05) is 6.54 Å². The number of nitrogens with zero attached hydrogens (tertiary/aromatic N) is 2. The summed E-state index contributed by atoms with van der Waals surface area (Å²) in [5, 5.41) is 3.92. The Hall–Kier alpha value is -2.04. The van der Waals surface area contributed by atoms with Crippen molar-refractivity contribution in [3.8, 4) is 0 Å². The molecule has 0 fully saturated rings. The van der Waals surface area contributed by atoms with Crippen LogP contribution in [0.4, 0.5) is 0 Å². The first-order valence-electron chi connectivity index (χ1n) is 9.45. The molecule has 0 saturated carbocycles. The van der Waals surface area contributed by atoms with E-state index in [0.29, 0.717) is 28.9 Å². The number of amides is 1. The van der Waals surface area contributed by atoms with Crippen LogP contribution in [-0.4, -0.2) is 22.0 Å².